The fourth-order valence-corrected chi connectivity index (χ4v) is 1.26. The highest BCUT2D eigenvalue weighted by Gasteiger charge is 1.93. The minimum Gasteiger partial charge on any atom is -0.408 e. The van der Waals surface area contributed by atoms with E-state index >= 15 is 0 Å². The molecule has 17 heavy (non-hydrogen) atoms. The Bertz CT molecular complexity index is 539. The SMILES string of the molecule is C#COc1ccc(/N=N/c2ccccc2)cc1. The van der Waals surface area contributed by atoms with E-state index in [1.165, 1.54) is 0 Å². The first-order valence-electron chi connectivity index (χ1n) is 5.08. The second-order valence-electron chi connectivity index (χ2n) is 3.25. The van der Waals surface area contributed by atoms with E-state index in [1.54, 1.807) is 24.3 Å². The summed E-state index contributed by atoms with van der Waals surface area (Å²) in [6, 6.07) is 16.6. The molecule has 2 rings (SSSR count). The van der Waals surface area contributed by atoms with E-state index in [0.717, 1.165) is 11.4 Å². The van der Waals surface area contributed by atoms with E-state index in [0.29, 0.717) is 5.75 Å². The van der Waals surface area contributed by atoms with Gasteiger partial charge >= 0.3 is 0 Å². The summed E-state index contributed by atoms with van der Waals surface area (Å²) in [6.07, 6.45) is 7.13. The van der Waals surface area contributed by atoms with Crippen LogP contribution in [0.25, 0.3) is 0 Å². The summed E-state index contributed by atoms with van der Waals surface area (Å²) in [5.41, 5.74) is 1.56. The van der Waals surface area contributed by atoms with Crippen molar-refractivity contribution in [2.24, 2.45) is 10.2 Å². The zero-order valence-corrected chi connectivity index (χ0v) is 9.08. The molecule has 0 amide bonds. The Labute approximate surface area is 99.8 Å². The molecule has 3 nitrogen and oxygen atoms in total. The maximum absolute atomic E-state index is 5.02. The molecule has 0 aromatic heterocycles. The van der Waals surface area contributed by atoms with Crippen molar-refractivity contribution in [2.75, 3.05) is 0 Å². The number of azo groups is 1. The first-order chi connectivity index (χ1) is 8.38. The van der Waals surface area contributed by atoms with Gasteiger partial charge in [-0.2, -0.15) is 10.2 Å². The van der Waals surface area contributed by atoms with Gasteiger partial charge in [0.05, 0.1) is 11.4 Å². The summed E-state index contributed by atoms with van der Waals surface area (Å²) in [7, 11) is 0. The second kappa shape index (κ2) is 5.47. The van der Waals surface area contributed by atoms with Crippen LogP contribution in [0.4, 0.5) is 11.4 Å². The standard InChI is InChI=1S/C14H10N2O/c1-2-17-14-10-8-13(9-11-14)16-15-12-6-4-3-5-7-12/h1,3-11H/b16-15+. The normalized spacial score (nSPS) is 10.1. The van der Waals surface area contributed by atoms with Gasteiger partial charge in [0.25, 0.3) is 0 Å². The molecule has 0 heterocycles. The van der Waals surface area contributed by atoms with Crippen LogP contribution in [0, 0.1) is 12.5 Å². The number of benzene rings is 2. The molecule has 0 radical (unpaired) electrons. The van der Waals surface area contributed by atoms with Gasteiger partial charge in [-0.15, -0.1) is 0 Å². The topological polar surface area (TPSA) is 34.0 Å². The van der Waals surface area contributed by atoms with E-state index in [2.05, 4.69) is 16.3 Å². The van der Waals surface area contributed by atoms with Crippen molar-refractivity contribution >= 4 is 11.4 Å². The maximum Gasteiger partial charge on any atom is 0.140 e. The molecule has 0 unspecified atom stereocenters. The lowest BCUT2D eigenvalue weighted by molar-refractivity contribution is 0.521. The van der Waals surface area contributed by atoms with Gasteiger partial charge in [-0.3, -0.25) is 0 Å². The average Bonchev–Trinajstić information content (AvgIpc) is 2.40. The van der Waals surface area contributed by atoms with Crippen LogP contribution in [0.3, 0.4) is 0 Å². The monoisotopic (exact) mass is 222 g/mol. The molecular formula is C14H10N2O. The van der Waals surface area contributed by atoms with Crippen molar-refractivity contribution in [3.05, 3.63) is 54.6 Å². The van der Waals surface area contributed by atoms with Crippen LogP contribution in [-0.4, -0.2) is 0 Å². The zero-order valence-electron chi connectivity index (χ0n) is 9.08. The van der Waals surface area contributed by atoms with Gasteiger partial charge < -0.3 is 4.74 Å². The Balaban J connectivity index is 2.09. The number of nitrogens with zero attached hydrogens (tertiary/aromatic N) is 2. The van der Waals surface area contributed by atoms with Crippen molar-refractivity contribution in [1.82, 2.24) is 0 Å². The molecule has 0 aliphatic rings. The fourth-order valence-electron chi connectivity index (χ4n) is 1.26. The molecule has 0 saturated carbocycles. The Morgan fingerprint density at radius 2 is 1.41 bits per heavy atom. The number of hydrogen-bond donors (Lipinski definition) is 0. The molecule has 82 valence electrons. The van der Waals surface area contributed by atoms with Crippen LogP contribution in [0.1, 0.15) is 0 Å². The first kappa shape index (κ1) is 10.9. The van der Waals surface area contributed by atoms with Crippen molar-refractivity contribution in [3.63, 3.8) is 0 Å². The van der Waals surface area contributed by atoms with Crippen LogP contribution in [0.15, 0.2) is 64.8 Å². The summed E-state index contributed by atoms with van der Waals surface area (Å²) in [5, 5.41) is 8.19. The summed E-state index contributed by atoms with van der Waals surface area (Å²) in [4.78, 5) is 0. The van der Waals surface area contributed by atoms with Gasteiger partial charge in [-0.05, 0) is 36.4 Å². The van der Waals surface area contributed by atoms with Gasteiger partial charge in [-0.1, -0.05) is 24.6 Å². The molecule has 0 aliphatic carbocycles. The quantitative estimate of drug-likeness (QED) is 0.569. The Morgan fingerprint density at radius 3 is 2.00 bits per heavy atom. The molecule has 3 heteroatoms. The van der Waals surface area contributed by atoms with Crippen molar-refractivity contribution in [1.29, 1.82) is 0 Å². The van der Waals surface area contributed by atoms with E-state index in [1.807, 2.05) is 30.3 Å². The molecule has 0 N–H and O–H groups in total. The van der Waals surface area contributed by atoms with Crippen molar-refractivity contribution in [3.8, 4) is 18.3 Å². The van der Waals surface area contributed by atoms with Gasteiger partial charge in [0.2, 0.25) is 0 Å². The van der Waals surface area contributed by atoms with Gasteiger partial charge in [0.15, 0.2) is 0 Å². The van der Waals surface area contributed by atoms with Gasteiger partial charge in [-0.25, -0.2) is 0 Å². The predicted octanol–water partition coefficient (Wildman–Crippen LogP) is 4.07. The first-order valence-corrected chi connectivity index (χ1v) is 5.08. The van der Waals surface area contributed by atoms with Gasteiger partial charge in [0, 0.05) is 0 Å². The zero-order chi connectivity index (χ0) is 11.9. The lowest BCUT2D eigenvalue weighted by Gasteiger charge is -1.96. The summed E-state index contributed by atoms with van der Waals surface area (Å²) in [6.45, 7) is 0. The molecular weight excluding hydrogens is 212 g/mol. The molecule has 0 saturated heterocycles. The lowest BCUT2D eigenvalue weighted by atomic mass is 10.3. The van der Waals surface area contributed by atoms with Crippen LogP contribution < -0.4 is 4.74 Å². The highest BCUT2D eigenvalue weighted by molar-refractivity contribution is 5.42. The van der Waals surface area contributed by atoms with E-state index < -0.39 is 0 Å². The molecule has 0 bridgehead atoms. The largest absolute Gasteiger partial charge is 0.408 e. The summed E-state index contributed by atoms with van der Waals surface area (Å²) in [5.74, 6) is 0.617. The fraction of sp³-hybridized carbons (Fsp3) is 0. The number of rotatable bonds is 3. The van der Waals surface area contributed by atoms with Gasteiger partial charge in [0.1, 0.15) is 11.9 Å². The predicted molar refractivity (Wildman–Crippen MR) is 66.5 cm³/mol. The van der Waals surface area contributed by atoms with E-state index in [4.69, 9.17) is 11.2 Å². The summed E-state index contributed by atoms with van der Waals surface area (Å²) < 4.78 is 4.88. The number of ether oxygens (including phenoxy) is 1. The summed E-state index contributed by atoms with van der Waals surface area (Å²) >= 11 is 0. The lowest BCUT2D eigenvalue weighted by Crippen LogP contribution is -1.79. The molecule has 0 spiro atoms. The van der Waals surface area contributed by atoms with Crippen molar-refractivity contribution < 1.29 is 4.74 Å². The minimum atomic E-state index is 0.617. The maximum atomic E-state index is 5.02. The van der Waals surface area contributed by atoms with E-state index in [9.17, 15) is 0 Å². The van der Waals surface area contributed by atoms with Crippen molar-refractivity contribution in [2.45, 2.75) is 0 Å². The average molecular weight is 222 g/mol. The third kappa shape index (κ3) is 3.18. The van der Waals surface area contributed by atoms with Crippen LogP contribution >= 0.6 is 0 Å². The Kier molecular flexibility index (Phi) is 3.51. The van der Waals surface area contributed by atoms with Crippen LogP contribution in [0.5, 0.6) is 5.75 Å². The molecule has 0 fully saturated rings. The second-order valence-corrected chi connectivity index (χ2v) is 3.25. The Hall–Kier alpha value is -2.60. The third-order valence-corrected chi connectivity index (χ3v) is 2.05. The minimum absolute atomic E-state index is 0.617. The molecule has 0 atom stereocenters. The van der Waals surface area contributed by atoms with E-state index in [-0.39, 0.29) is 0 Å². The Morgan fingerprint density at radius 1 is 0.824 bits per heavy atom. The smallest absolute Gasteiger partial charge is 0.140 e. The van der Waals surface area contributed by atoms with Crippen LogP contribution in [-0.2, 0) is 0 Å². The molecule has 2 aromatic carbocycles. The molecule has 2 aromatic rings. The van der Waals surface area contributed by atoms with Crippen LogP contribution in [0.2, 0.25) is 0 Å². The number of hydrogen-bond acceptors (Lipinski definition) is 3. The highest BCUT2D eigenvalue weighted by atomic mass is 16.5. The molecule has 0 aliphatic heterocycles. The third-order valence-electron chi connectivity index (χ3n) is 2.05. The number of terminal acetylenes is 1. The highest BCUT2D eigenvalue weighted by Crippen LogP contribution is 2.20.